The number of likely N-dealkylation sites (N-methyl/N-ethyl adjacent to an activating group) is 1. The van der Waals surface area contributed by atoms with E-state index in [0.29, 0.717) is 28.7 Å². The number of nitrogens with one attached hydrogen (secondary N) is 2. The summed E-state index contributed by atoms with van der Waals surface area (Å²) in [7, 11) is -3.75. The number of nitriles is 1. The molecule has 0 saturated carbocycles. The van der Waals surface area contributed by atoms with Gasteiger partial charge in [-0.05, 0) is 155 Å². The van der Waals surface area contributed by atoms with Gasteiger partial charge >= 0.3 is 6.09 Å². The Morgan fingerprint density at radius 1 is 0.759 bits per heavy atom. The fourth-order valence-electron chi connectivity index (χ4n) is 7.08. The molecule has 0 unspecified atom stereocenters. The van der Waals surface area contributed by atoms with Crippen molar-refractivity contribution in [3.8, 4) is 11.8 Å². The highest BCUT2D eigenvalue weighted by Crippen LogP contribution is 2.36. The van der Waals surface area contributed by atoms with Gasteiger partial charge in [0.1, 0.15) is 11.4 Å². The van der Waals surface area contributed by atoms with E-state index >= 15 is 0 Å². The van der Waals surface area contributed by atoms with Crippen LogP contribution < -0.4 is 15.4 Å². The lowest BCUT2D eigenvalue weighted by molar-refractivity contribution is 0.0523. The molecule has 0 spiro atoms. The molecule has 54 heavy (non-hydrogen) atoms. The molecule has 6 rings (SSSR count). The number of fused-ring (bicyclic) bond motifs is 2. The third-order valence-corrected chi connectivity index (χ3v) is 13.2. The number of hydrogen-bond acceptors (Lipinski definition) is 9. The van der Waals surface area contributed by atoms with Crippen molar-refractivity contribution >= 4 is 25.8 Å². The van der Waals surface area contributed by atoms with Crippen LogP contribution in [0.3, 0.4) is 0 Å². The molecule has 2 N–H and O–H groups in total. The zero-order chi connectivity index (χ0) is 39.1. The highest BCUT2D eigenvalue weighted by Gasteiger charge is 2.27. The maximum atomic E-state index is 13.0. The van der Waals surface area contributed by atoms with Crippen molar-refractivity contribution in [1.29, 1.82) is 5.26 Å². The molecule has 4 aromatic rings. The normalized spacial score (nSPS) is 16.7. The SMILES string of the molecule is CC(C)(C)OC(=O)NC[C@@H]1CCCc2cc(S(=O)(=O)c3cccc(C#N)c3)ccc21.CNC[C@@H]1CCCc2cc(S(=O)(=O)c3cccc(OC)c3)ccc21. The van der Waals surface area contributed by atoms with E-state index in [0.717, 1.165) is 61.8 Å². The van der Waals surface area contributed by atoms with E-state index in [4.69, 9.17) is 14.7 Å². The average Bonchev–Trinajstić information content (AvgIpc) is 3.16. The molecule has 0 bridgehead atoms. The molecule has 1 amide bonds. The summed E-state index contributed by atoms with van der Waals surface area (Å²) in [4.78, 5) is 12.9. The Bertz CT molecular complexity index is 2240. The quantitative estimate of drug-likeness (QED) is 0.176. The Morgan fingerprint density at radius 2 is 1.28 bits per heavy atom. The molecule has 4 aromatic carbocycles. The lowest BCUT2D eigenvalue weighted by atomic mass is 9.83. The number of aryl methyl sites for hydroxylation is 2. The van der Waals surface area contributed by atoms with Crippen molar-refractivity contribution < 1.29 is 31.1 Å². The zero-order valence-electron chi connectivity index (χ0n) is 31.5. The number of benzene rings is 4. The number of hydrogen-bond donors (Lipinski definition) is 2. The van der Waals surface area contributed by atoms with Crippen molar-refractivity contribution in [2.24, 2.45) is 0 Å². The average molecular weight is 772 g/mol. The van der Waals surface area contributed by atoms with Gasteiger partial charge in [-0.3, -0.25) is 0 Å². The van der Waals surface area contributed by atoms with Gasteiger partial charge in [-0.25, -0.2) is 21.6 Å². The molecule has 2 aliphatic rings. The minimum Gasteiger partial charge on any atom is -0.497 e. The Kier molecular flexibility index (Phi) is 12.9. The number of nitrogens with zero attached hydrogens (tertiary/aromatic N) is 1. The number of carbonyl (C=O) groups excluding carboxylic acids is 1. The fraction of sp³-hybridized carbons (Fsp3) is 0.381. The van der Waals surface area contributed by atoms with Crippen LogP contribution in [0.1, 0.15) is 86.1 Å². The smallest absolute Gasteiger partial charge is 0.407 e. The van der Waals surface area contributed by atoms with Gasteiger partial charge in [-0.1, -0.05) is 24.3 Å². The second kappa shape index (κ2) is 17.2. The predicted molar refractivity (Wildman–Crippen MR) is 207 cm³/mol. The minimum absolute atomic E-state index is 0.111. The van der Waals surface area contributed by atoms with E-state index < -0.39 is 31.4 Å². The lowest BCUT2D eigenvalue weighted by Gasteiger charge is -2.27. The Morgan fingerprint density at radius 3 is 1.80 bits per heavy atom. The van der Waals surface area contributed by atoms with E-state index in [1.807, 2.05) is 52.1 Å². The molecule has 0 aromatic heterocycles. The van der Waals surface area contributed by atoms with E-state index in [1.165, 1.54) is 24.8 Å². The van der Waals surface area contributed by atoms with Crippen LogP contribution in [0.25, 0.3) is 0 Å². The molecule has 286 valence electrons. The summed E-state index contributed by atoms with van der Waals surface area (Å²) >= 11 is 0. The molecule has 0 heterocycles. The van der Waals surface area contributed by atoms with Crippen molar-refractivity contribution in [1.82, 2.24) is 10.6 Å². The summed E-state index contributed by atoms with van der Waals surface area (Å²) < 4.78 is 62.4. The first-order chi connectivity index (χ1) is 25.7. The number of rotatable bonds is 9. The predicted octanol–water partition coefficient (Wildman–Crippen LogP) is 7.50. The summed E-state index contributed by atoms with van der Waals surface area (Å²) in [6, 6.07) is 25.4. The van der Waals surface area contributed by atoms with Crippen molar-refractivity contribution in [2.45, 2.75) is 96.3 Å². The van der Waals surface area contributed by atoms with Gasteiger partial charge in [0, 0.05) is 19.0 Å². The van der Waals surface area contributed by atoms with Gasteiger partial charge in [0.05, 0.1) is 38.3 Å². The standard InChI is InChI=1S/C23H26N2O4S.C19H23NO3S/c1-23(2,3)29-22(26)25-15-18-8-5-7-17-13-20(10-11-21(17)18)30(27,28)19-9-4-6-16(12-19)14-24;1-20-13-15-6-3-5-14-11-18(9-10-19(14)15)24(21,22)17-8-4-7-16(12-17)23-2/h4,6,9-13,18H,5,7-8,15H2,1-3H3,(H,25,26);4,7-12,15,20H,3,5-6,13H2,1-2H3/t18-;15-/m00/s1. The number of alkyl carbamates (subject to hydrolysis) is 1. The van der Waals surface area contributed by atoms with Crippen LogP contribution in [0.4, 0.5) is 4.79 Å². The number of methoxy groups -OCH3 is 1. The van der Waals surface area contributed by atoms with Crippen LogP contribution >= 0.6 is 0 Å². The molecule has 0 radical (unpaired) electrons. The highest BCUT2D eigenvalue weighted by molar-refractivity contribution is 7.91. The van der Waals surface area contributed by atoms with Gasteiger partial charge < -0.3 is 20.1 Å². The van der Waals surface area contributed by atoms with Crippen molar-refractivity contribution in [3.63, 3.8) is 0 Å². The van der Waals surface area contributed by atoms with Crippen LogP contribution in [0.15, 0.2) is 105 Å². The maximum absolute atomic E-state index is 13.0. The number of carbonyl (C=O) groups is 1. The van der Waals surface area contributed by atoms with Crippen LogP contribution in [-0.2, 0) is 37.3 Å². The second-order valence-electron chi connectivity index (χ2n) is 14.7. The maximum Gasteiger partial charge on any atom is 0.407 e. The number of sulfone groups is 2. The second-order valence-corrected chi connectivity index (χ2v) is 18.6. The Balaban J connectivity index is 0.000000213. The Labute approximate surface area is 319 Å². The summed E-state index contributed by atoms with van der Waals surface area (Å²) in [5.41, 5.74) is 4.23. The van der Waals surface area contributed by atoms with Gasteiger partial charge in [0.15, 0.2) is 0 Å². The van der Waals surface area contributed by atoms with Crippen LogP contribution in [-0.4, -0.2) is 55.8 Å². The summed E-state index contributed by atoms with van der Waals surface area (Å²) in [5, 5.41) is 15.1. The third-order valence-electron chi connectivity index (χ3n) is 9.69. The minimum atomic E-state index is -3.71. The van der Waals surface area contributed by atoms with Crippen LogP contribution in [0.5, 0.6) is 5.75 Å². The summed E-state index contributed by atoms with van der Waals surface area (Å²) in [5.74, 6) is 1.12. The van der Waals surface area contributed by atoms with Crippen LogP contribution in [0.2, 0.25) is 0 Å². The molecule has 2 aliphatic carbocycles. The van der Waals surface area contributed by atoms with Crippen molar-refractivity contribution in [2.75, 3.05) is 27.2 Å². The third kappa shape index (κ3) is 9.69. The Hall–Kier alpha value is -4.70. The van der Waals surface area contributed by atoms with E-state index in [1.54, 1.807) is 54.6 Å². The van der Waals surface area contributed by atoms with E-state index in [-0.39, 0.29) is 20.6 Å². The zero-order valence-corrected chi connectivity index (χ0v) is 33.1. The van der Waals surface area contributed by atoms with Gasteiger partial charge in [-0.2, -0.15) is 5.26 Å². The van der Waals surface area contributed by atoms with Gasteiger partial charge in [0.2, 0.25) is 19.7 Å². The molecule has 0 fully saturated rings. The highest BCUT2D eigenvalue weighted by atomic mass is 32.2. The molecule has 10 nitrogen and oxygen atoms in total. The lowest BCUT2D eigenvalue weighted by Crippen LogP contribution is -2.35. The van der Waals surface area contributed by atoms with Crippen molar-refractivity contribution in [3.05, 3.63) is 113 Å². The summed E-state index contributed by atoms with van der Waals surface area (Å²) in [6.45, 7) is 6.82. The topological polar surface area (TPSA) is 152 Å². The number of ether oxygens (including phenoxy) is 2. The molecule has 2 atom stereocenters. The molecule has 12 heteroatoms. The van der Waals surface area contributed by atoms with E-state index in [2.05, 4.69) is 10.6 Å². The first-order valence-corrected chi connectivity index (χ1v) is 21.1. The van der Waals surface area contributed by atoms with Gasteiger partial charge in [-0.15, -0.1) is 0 Å². The number of amides is 1. The molecular weight excluding hydrogens is 723 g/mol. The van der Waals surface area contributed by atoms with E-state index in [9.17, 15) is 21.6 Å². The fourth-order valence-corrected chi connectivity index (χ4v) is 9.78. The van der Waals surface area contributed by atoms with Crippen LogP contribution in [0, 0.1) is 11.3 Å². The molecular formula is C42H49N3O7S2. The first kappa shape index (κ1) is 40.5. The molecule has 0 aliphatic heterocycles. The monoisotopic (exact) mass is 771 g/mol. The largest absolute Gasteiger partial charge is 0.497 e. The summed E-state index contributed by atoms with van der Waals surface area (Å²) in [6.07, 6.45) is 5.36. The molecule has 0 saturated heterocycles. The first-order valence-electron chi connectivity index (χ1n) is 18.2. The van der Waals surface area contributed by atoms with Gasteiger partial charge in [0.25, 0.3) is 0 Å².